The Bertz CT molecular complexity index is 888. The first kappa shape index (κ1) is 20.6. The number of rotatable bonds is 8. The van der Waals surface area contributed by atoms with Gasteiger partial charge in [0.15, 0.2) is 23.0 Å². The van der Waals surface area contributed by atoms with Crippen LogP contribution in [0, 0.1) is 0 Å². The van der Waals surface area contributed by atoms with Crippen molar-refractivity contribution in [3.63, 3.8) is 0 Å². The minimum absolute atomic E-state index is 0.0826. The third kappa shape index (κ3) is 5.41. The summed E-state index contributed by atoms with van der Waals surface area (Å²) in [4.78, 5) is 23.4. The van der Waals surface area contributed by atoms with Gasteiger partial charge in [-0.05, 0) is 41.5 Å². The summed E-state index contributed by atoms with van der Waals surface area (Å²) in [5, 5.41) is 28.6. The van der Waals surface area contributed by atoms with Crippen LogP contribution in [0.4, 0.5) is 0 Å². The number of hydrogen-bond acceptors (Lipinski definition) is 7. The zero-order valence-electron chi connectivity index (χ0n) is 15.3. The number of carboxylic acid groups (broad SMARTS) is 1. The van der Waals surface area contributed by atoms with E-state index in [2.05, 4.69) is 0 Å². The highest BCUT2D eigenvalue weighted by Crippen LogP contribution is 2.28. The van der Waals surface area contributed by atoms with E-state index in [0.717, 1.165) is 6.08 Å². The molecule has 0 saturated heterocycles. The van der Waals surface area contributed by atoms with Gasteiger partial charge < -0.3 is 29.5 Å². The molecule has 0 aromatic heterocycles. The van der Waals surface area contributed by atoms with E-state index in [-0.39, 0.29) is 29.4 Å². The van der Waals surface area contributed by atoms with Gasteiger partial charge in [-0.25, -0.2) is 9.59 Å². The van der Waals surface area contributed by atoms with Crippen molar-refractivity contribution in [2.45, 2.75) is 12.5 Å². The summed E-state index contributed by atoms with van der Waals surface area (Å²) in [7, 11) is 2.78. The first-order valence-electron chi connectivity index (χ1n) is 8.18. The topological polar surface area (TPSA) is 123 Å². The fourth-order valence-corrected chi connectivity index (χ4v) is 2.40. The molecule has 0 bridgehead atoms. The number of carbonyl (C=O) groups excluding carboxylic acids is 1. The molecular weight excluding hydrogens is 368 g/mol. The lowest BCUT2D eigenvalue weighted by molar-refractivity contribution is -0.160. The maximum atomic E-state index is 12.0. The Morgan fingerprint density at radius 1 is 1.00 bits per heavy atom. The van der Waals surface area contributed by atoms with Crippen LogP contribution >= 0.6 is 0 Å². The Morgan fingerprint density at radius 3 is 2.32 bits per heavy atom. The second-order valence-corrected chi connectivity index (χ2v) is 5.74. The molecule has 1 unspecified atom stereocenters. The Hall–Kier alpha value is -3.68. The first-order chi connectivity index (χ1) is 13.3. The Labute approximate surface area is 161 Å². The van der Waals surface area contributed by atoms with Crippen LogP contribution in [0.2, 0.25) is 0 Å². The van der Waals surface area contributed by atoms with Crippen LogP contribution in [0.3, 0.4) is 0 Å². The molecule has 0 aliphatic carbocycles. The van der Waals surface area contributed by atoms with E-state index in [4.69, 9.17) is 14.2 Å². The van der Waals surface area contributed by atoms with Gasteiger partial charge in [0.1, 0.15) is 0 Å². The number of carbonyl (C=O) groups is 2. The highest BCUT2D eigenvalue weighted by Gasteiger charge is 2.22. The molecule has 0 heterocycles. The molecule has 1 atom stereocenters. The van der Waals surface area contributed by atoms with Gasteiger partial charge in [0.05, 0.1) is 14.2 Å². The van der Waals surface area contributed by atoms with Crippen molar-refractivity contribution >= 4 is 18.0 Å². The minimum Gasteiger partial charge on any atom is -0.504 e. The summed E-state index contributed by atoms with van der Waals surface area (Å²) in [6.45, 7) is 0. The number of methoxy groups -OCH3 is 2. The summed E-state index contributed by atoms with van der Waals surface area (Å²) in [5.41, 5.74) is 1.02. The summed E-state index contributed by atoms with van der Waals surface area (Å²) >= 11 is 0. The van der Waals surface area contributed by atoms with Crippen LogP contribution in [-0.2, 0) is 20.7 Å². The van der Waals surface area contributed by atoms with Crippen LogP contribution in [0.25, 0.3) is 6.08 Å². The number of esters is 1. The van der Waals surface area contributed by atoms with Crippen molar-refractivity contribution in [3.05, 3.63) is 53.6 Å². The fraction of sp³-hybridized carbons (Fsp3) is 0.200. The third-order valence-corrected chi connectivity index (χ3v) is 3.81. The number of ether oxygens (including phenoxy) is 3. The molecule has 0 saturated carbocycles. The molecule has 3 N–H and O–H groups in total. The smallest absolute Gasteiger partial charge is 0.345 e. The monoisotopic (exact) mass is 388 g/mol. The highest BCUT2D eigenvalue weighted by molar-refractivity contribution is 5.89. The third-order valence-electron chi connectivity index (χ3n) is 3.81. The molecule has 8 heteroatoms. The molecule has 28 heavy (non-hydrogen) atoms. The van der Waals surface area contributed by atoms with Gasteiger partial charge in [-0.15, -0.1) is 0 Å². The van der Waals surface area contributed by atoms with Crippen LogP contribution < -0.4 is 9.47 Å². The van der Waals surface area contributed by atoms with Crippen molar-refractivity contribution < 1.29 is 39.1 Å². The van der Waals surface area contributed by atoms with E-state index >= 15 is 0 Å². The molecule has 148 valence electrons. The van der Waals surface area contributed by atoms with E-state index in [0.29, 0.717) is 11.1 Å². The zero-order chi connectivity index (χ0) is 20.7. The fourth-order valence-electron chi connectivity index (χ4n) is 2.40. The second-order valence-electron chi connectivity index (χ2n) is 5.74. The van der Waals surface area contributed by atoms with Gasteiger partial charge in [0.25, 0.3) is 0 Å². The van der Waals surface area contributed by atoms with Crippen molar-refractivity contribution in [1.82, 2.24) is 0 Å². The van der Waals surface area contributed by atoms with E-state index in [9.17, 15) is 24.9 Å². The number of benzene rings is 2. The molecule has 2 aromatic carbocycles. The Morgan fingerprint density at radius 2 is 1.71 bits per heavy atom. The normalized spacial score (nSPS) is 11.8. The largest absolute Gasteiger partial charge is 0.504 e. The summed E-state index contributed by atoms with van der Waals surface area (Å²) in [6.07, 6.45) is 0.920. The standard InChI is InChI=1S/C20H20O8/c1-26-16-7-4-12(9-15(16)22)5-8-19(23)28-18(20(24)25)11-13-3-6-14(21)17(10-13)27-2/h3-10,18,21-22H,11H2,1-2H3,(H,24,25). The summed E-state index contributed by atoms with van der Waals surface area (Å²) in [5.74, 6) is -1.87. The number of aromatic hydroxyl groups is 2. The molecule has 0 spiro atoms. The van der Waals surface area contributed by atoms with Crippen molar-refractivity contribution in [2.24, 2.45) is 0 Å². The maximum absolute atomic E-state index is 12.0. The van der Waals surface area contributed by atoms with Crippen molar-refractivity contribution in [1.29, 1.82) is 0 Å². The molecule has 0 radical (unpaired) electrons. The van der Waals surface area contributed by atoms with Gasteiger partial charge in [-0.3, -0.25) is 0 Å². The van der Waals surface area contributed by atoms with E-state index in [1.165, 1.54) is 50.6 Å². The minimum atomic E-state index is -1.42. The van der Waals surface area contributed by atoms with E-state index in [1.807, 2.05) is 0 Å². The average molecular weight is 388 g/mol. The van der Waals surface area contributed by atoms with Gasteiger partial charge in [0, 0.05) is 12.5 Å². The SMILES string of the molecule is COc1ccc(C=CC(=O)OC(Cc2ccc(O)c(OC)c2)C(=O)O)cc1O. The average Bonchev–Trinajstić information content (AvgIpc) is 2.67. The van der Waals surface area contributed by atoms with Crippen LogP contribution in [0.5, 0.6) is 23.0 Å². The lowest BCUT2D eigenvalue weighted by Gasteiger charge is -2.13. The maximum Gasteiger partial charge on any atom is 0.345 e. The molecule has 0 aliphatic rings. The molecule has 0 amide bonds. The van der Waals surface area contributed by atoms with E-state index < -0.39 is 18.0 Å². The van der Waals surface area contributed by atoms with Gasteiger partial charge in [-0.2, -0.15) is 0 Å². The molecule has 2 rings (SSSR count). The van der Waals surface area contributed by atoms with Crippen molar-refractivity contribution in [3.8, 4) is 23.0 Å². The molecular formula is C20H20O8. The highest BCUT2D eigenvalue weighted by atomic mass is 16.6. The number of phenolic OH excluding ortho intramolecular Hbond substituents is 2. The summed E-state index contributed by atoms with van der Waals surface area (Å²) < 4.78 is 14.9. The van der Waals surface area contributed by atoms with Crippen LogP contribution in [0.15, 0.2) is 42.5 Å². The quantitative estimate of drug-likeness (QED) is 0.465. The number of hydrogen-bond donors (Lipinski definition) is 3. The van der Waals surface area contributed by atoms with Crippen LogP contribution in [0.1, 0.15) is 11.1 Å². The lowest BCUT2D eigenvalue weighted by atomic mass is 10.1. The molecule has 0 aliphatic heterocycles. The first-order valence-corrected chi connectivity index (χ1v) is 8.18. The zero-order valence-corrected chi connectivity index (χ0v) is 15.3. The van der Waals surface area contributed by atoms with Crippen molar-refractivity contribution in [2.75, 3.05) is 14.2 Å². The van der Waals surface area contributed by atoms with Gasteiger partial charge >= 0.3 is 11.9 Å². The second kappa shape index (κ2) is 9.31. The van der Waals surface area contributed by atoms with Gasteiger partial charge in [0.2, 0.25) is 6.10 Å². The Balaban J connectivity index is 2.06. The summed E-state index contributed by atoms with van der Waals surface area (Å²) in [6, 6.07) is 8.87. The number of carboxylic acids is 1. The van der Waals surface area contributed by atoms with E-state index in [1.54, 1.807) is 6.07 Å². The predicted molar refractivity (Wildman–Crippen MR) is 99.6 cm³/mol. The number of aliphatic carboxylic acids is 1. The predicted octanol–water partition coefficient (Wildman–Crippen LogP) is 2.37. The number of phenols is 2. The molecule has 8 nitrogen and oxygen atoms in total. The molecule has 0 fully saturated rings. The van der Waals surface area contributed by atoms with Gasteiger partial charge in [-0.1, -0.05) is 12.1 Å². The molecule has 2 aromatic rings. The lowest BCUT2D eigenvalue weighted by Crippen LogP contribution is -2.28. The Kier molecular flexibility index (Phi) is 6.86. The van der Waals surface area contributed by atoms with Crippen LogP contribution in [-0.4, -0.2) is 47.6 Å².